The third-order valence-corrected chi connectivity index (χ3v) is 6.21. The standard InChI is InChI=1S/C14H28O4Si/c1-5-9-14(15)16-12-13-19(8-4,17-10-6-2)18-11-7-3/h5,9H,6-8,10-13H2,1-4H3. The van der Waals surface area contributed by atoms with Crippen molar-refractivity contribution < 1.29 is 18.4 Å². The van der Waals surface area contributed by atoms with Crippen molar-refractivity contribution in [2.75, 3.05) is 19.8 Å². The van der Waals surface area contributed by atoms with E-state index in [1.807, 2.05) is 0 Å². The molecule has 0 saturated heterocycles. The van der Waals surface area contributed by atoms with E-state index in [0.29, 0.717) is 25.9 Å². The molecule has 0 aliphatic heterocycles. The van der Waals surface area contributed by atoms with E-state index in [2.05, 4.69) is 20.8 Å². The summed E-state index contributed by atoms with van der Waals surface area (Å²) in [5.74, 6) is -0.299. The van der Waals surface area contributed by atoms with Crippen LogP contribution in [0.1, 0.15) is 40.5 Å². The van der Waals surface area contributed by atoms with Crippen LogP contribution in [-0.4, -0.2) is 34.4 Å². The fraction of sp³-hybridized carbons (Fsp3) is 0.786. The lowest BCUT2D eigenvalue weighted by Crippen LogP contribution is -2.43. The van der Waals surface area contributed by atoms with Crippen molar-refractivity contribution >= 4 is 14.5 Å². The van der Waals surface area contributed by atoms with Crippen LogP contribution in [0.25, 0.3) is 0 Å². The van der Waals surface area contributed by atoms with Gasteiger partial charge in [-0.3, -0.25) is 0 Å². The number of carbonyl (C=O) groups is 1. The van der Waals surface area contributed by atoms with Crippen molar-refractivity contribution in [3.05, 3.63) is 12.2 Å². The van der Waals surface area contributed by atoms with Crippen LogP contribution < -0.4 is 0 Å². The van der Waals surface area contributed by atoms with Crippen molar-refractivity contribution in [2.24, 2.45) is 0 Å². The van der Waals surface area contributed by atoms with E-state index in [0.717, 1.165) is 18.9 Å². The summed E-state index contributed by atoms with van der Waals surface area (Å²) in [4.78, 5) is 11.3. The van der Waals surface area contributed by atoms with E-state index in [1.165, 1.54) is 6.08 Å². The molecule has 0 N–H and O–H groups in total. The SMILES string of the molecule is CC=CC(=O)OCC[Si](CC)(OCCC)OCCC. The number of allylic oxidation sites excluding steroid dienone is 1. The smallest absolute Gasteiger partial charge is 0.341 e. The Labute approximate surface area is 118 Å². The molecule has 0 aromatic rings. The van der Waals surface area contributed by atoms with Crippen LogP contribution in [0.4, 0.5) is 0 Å². The summed E-state index contributed by atoms with van der Waals surface area (Å²) in [6.45, 7) is 9.85. The Morgan fingerprint density at radius 2 is 1.63 bits per heavy atom. The van der Waals surface area contributed by atoms with Crippen molar-refractivity contribution in [2.45, 2.75) is 52.6 Å². The number of ether oxygens (including phenoxy) is 1. The molecule has 0 amide bonds. The number of rotatable bonds is 11. The first kappa shape index (κ1) is 18.3. The minimum atomic E-state index is -2.20. The summed E-state index contributed by atoms with van der Waals surface area (Å²) in [6, 6.07) is 1.58. The Kier molecular flexibility index (Phi) is 10.8. The fourth-order valence-electron chi connectivity index (χ4n) is 1.63. The molecule has 0 fully saturated rings. The summed E-state index contributed by atoms with van der Waals surface area (Å²) in [5, 5.41) is 0. The fourth-order valence-corrected chi connectivity index (χ4v) is 4.33. The van der Waals surface area contributed by atoms with Crippen LogP contribution in [-0.2, 0) is 18.4 Å². The quantitative estimate of drug-likeness (QED) is 0.332. The first-order valence-corrected chi connectivity index (χ1v) is 9.44. The lowest BCUT2D eigenvalue weighted by Gasteiger charge is -2.29. The molecule has 0 aliphatic carbocycles. The summed E-state index contributed by atoms with van der Waals surface area (Å²) in [7, 11) is -2.20. The van der Waals surface area contributed by atoms with Crippen LogP contribution in [0.2, 0.25) is 12.1 Å². The zero-order valence-electron chi connectivity index (χ0n) is 12.7. The molecule has 0 spiro atoms. The van der Waals surface area contributed by atoms with Crippen LogP contribution in [0, 0.1) is 0 Å². The average Bonchev–Trinajstić information content (AvgIpc) is 2.42. The maximum Gasteiger partial charge on any atom is 0.341 e. The molecule has 19 heavy (non-hydrogen) atoms. The third-order valence-electron chi connectivity index (χ3n) is 2.71. The molecule has 0 unspecified atom stereocenters. The molecule has 5 heteroatoms. The highest BCUT2D eigenvalue weighted by molar-refractivity contribution is 6.67. The molecule has 0 bridgehead atoms. The minimum absolute atomic E-state index is 0.299. The van der Waals surface area contributed by atoms with Crippen LogP contribution in [0.3, 0.4) is 0 Å². The second-order valence-electron chi connectivity index (χ2n) is 4.38. The van der Waals surface area contributed by atoms with Gasteiger partial charge in [0.2, 0.25) is 0 Å². The van der Waals surface area contributed by atoms with Crippen molar-refractivity contribution in [3.8, 4) is 0 Å². The van der Waals surface area contributed by atoms with Gasteiger partial charge in [-0.05, 0) is 25.8 Å². The highest BCUT2D eigenvalue weighted by Gasteiger charge is 2.35. The number of hydrogen-bond acceptors (Lipinski definition) is 4. The monoisotopic (exact) mass is 288 g/mol. The molecule has 0 saturated carbocycles. The number of carbonyl (C=O) groups excluding carboxylic acids is 1. The van der Waals surface area contributed by atoms with E-state index in [1.54, 1.807) is 13.0 Å². The molecule has 0 rings (SSSR count). The van der Waals surface area contributed by atoms with Gasteiger partial charge in [0.05, 0.1) is 6.61 Å². The minimum Gasteiger partial charge on any atom is -0.463 e. The van der Waals surface area contributed by atoms with Crippen molar-refractivity contribution in [3.63, 3.8) is 0 Å². The highest BCUT2D eigenvalue weighted by Crippen LogP contribution is 2.20. The molecule has 0 atom stereocenters. The lowest BCUT2D eigenvalue weighted by molar-refractivity contribution is -0.137. The third kappa shape index (κ3) is 8.18. The molecule has 0 aromatic heterocycles. The maximum absolute atomic E-state index is 11.3. The van der Waals surface area contributed by atoms with Gasteiger partial charge in [-0.2, -0.15) is 0 Å². The van der Waals surface area contributed by atoms with Gasteiger partial charge in [-0.25, -0.2) is 4.79 Å². The first-order chi connectivity index (χ1) is 9.14. The Morgan fingerprint density at radius 1 is 1.05 bits per heavy atom. The van der Waals surface area contributed by atoms with Gasteiger partial charge in [0.1, 0.15) is 0 Å². The zero-order valence-corrected chi connectivity index (χ0v) is 13.7. The Balaban J connectivity index is 4.33. The lowest BCUT2D eigenvalue weighted by atomic mass is 10.5. The average molecular weight is 288 g/mol. The van der Waals surface area contributed by atoms with Gasteiger partial charge in [0.15, 0.2) is 0 Å². The van der Waals surface area contributed by atoms with Gasteiger partial charge in [-0.15, -0.1) is 0 Å². The second-order valence-corrected chi connectivity index (χ2v) is 7.98. The van der Waals surface area contributed by atoms with Gasteiger partial charge in [0.25, 0.3) is 0 Å². The normalized spacial score (nSPS) is 12.0. The molecule has 0 heterocycles. The molecule has 112 valence electrons. The zero-order chi connectivity index (χ0) is 14.6. The summed E-state index contributed by atoms with van der Waals surface area (Å²) in [5.41, 5.74) is 0. The largest absolute Gasteiger partial charge is 0.463 e. The van der Waals surface area contributed by atoms with Crippen LogP contribution >= 0.6 is 0 Å². The predicted molar refractivity (Wildman–Crippen MR) is 79.3 cm³/mol. The molecule has 0 aliphatic rings. The predicted octanol–water partition coefficient (Wildman–Crippen LogP) is 3.42. The Morgan fingerprint density at radius 3 is 2.05 bits per heavy atom. The summed E-state index contributed by atoms with van der Waals surface area (Å²) >= 11 is 0. The van der Waals surface area contributed by atoms with E-state index in [-0.39, 0.29) is 5.97 Å². The second kappa shape index (κ2) is 11.2. The molecule has 4 nitrogen and oxygen atoms in total. The Hall–Kier alpha value is -0.653. The van der Waals surface area contributed by atoms with Crippen molar-refractivity contribution in [1.29, 1.82) is 0 Å². The molecular formula is C14H28O4Si. The van der Waals surface area contributed by atoms with E-state index >= 15 is 0 Å². The van der Waals surface area contributed by atoms with Crippen molar-refractivity contribution in [1.82, 2.24) is 0 Å². The number of esters is 1. The first-order valence-electron chi connectivity index (χ1n) is 7.21. The van der Waals surface area contributed by atoms with Gasteiger partial charge < -0.3 is 13.6 Å². The van der Waals surface area contributed by atoms with Crippen LogP contribution in [0.15, 0.2) is 12.2 Å². The van der Waals surface area contributed by atoms with Gasteiger partial charge >= 0.3 is 14.5 Å². The summed E-state index contributed by atoms with van der Waals surface area (Å²) < 4.78 is 17.1. The molecular weight excluding hydrogens is 260 g/mol. The topological polar surface area (TPSA) is 44.8 Å². The van der Waals surface area contributed by atoms with Crippen LogP contribution in [0.5, 0.6) is 0 Å². The van der Waals surface area contributed by atoms with E-state index in [9.17, 15) is 4.79 Å². The van der Waals surface area contributed by atoms with Gasteiger partial charge in [-0.1, -0.05) is 26.8 Å². The maximum atomic E-state index is 11.3. The Bertz CT molecular complexity index is 258. The van der Waals surface area contributed by atoms with E-state index in [4.69, 9.17) is 13.6 Å². The van der Waals surface area contributed by atoms with E-state index < -0.39 is 8.56 Å². The molecule has 0 radical (unpaired) electrons. The van der Waals surface area contributed by atoms with Gasteiger partial charge in [0, 0.05) is 25.3 Å². The number of hydrogen-bond donors (Lipinski definition) is 0. The molecule has 0 aromatic carbocycles. The highest BCUT2D eigenvalue weighted by atomic mass is 28.4. The summed E-state index contributed by atoms with van der Waals surface area (Å²) in [6.07, 6.45) is 5.05.